The molecule has 67 heavy (non-hydrogen) atoms. The summed E-state index contributed by atoms with van der Waals surface area (Å²) in [5.74, 6) is -1.33. The first-order chi connectivity index (χ1) is 31.8. The number of hydrogen-bond acceptors (Lipinski definition) is 14. The Morgan fingerprint density at radius 3 is 1.31 bits per heavy atom. The second kappa shape index (κ2) is 37.0. The molecule has 0 saturated heterocycles. The van der Waals surface area contributed by atoms with Crippen molar-refractivity contribution in [2.75, 3.05) is 13.2 Å². The lowest BCUT2D eigenvalue weighted by Crippen LogP contribution is -2.65. The Balaban J connectivity index is 2.76. The van der Waals surface area contributed by atoms with Gasteiger partial charge in [-0.15, -0.1) is 0 Å². The van der Waals surface area contributed by atoms with Gasteiger partial charge in [0.15, 0.2) is 6.10 Å². The number of rotatable bonds is 40. The van der Waals surface area contributed by atoms with Gasteiger partial charge in [0.2, 0.25) is 0 Å². The van der Waals surface area contributed by atoms with Crippen LogP contribution in [0.25, 0.3) is 0 Å². The predicted molar refractivity (Wildman–Crippen MR) is 252 cm³/mol. The van der Waals surface area contributed by atoms with E-state index in [4.69, 9.17) is 18.5 Å². The molecule has 0 aromatic rings. The first kappa shape index (κ1) is 63.1. The van der Waals surface area contributed by atoms with Crippen molar-refractivity contribution in [3.8, 4) is 0 Å². The maximum atomic E-state index is 13.1. The van der Waals surface area contributed by atoms with Crippen molar-refractivity contribution in [3.05, 3.63) is 48.6 Å². The van der Waals surface area contributed by atoms with Crippen molar-refractivity contribution in [2.24, 2.45) is 0 Å². The van der Waals surface area contributed by atoms with Crippen LogP contribution in [-0.4, -0.2) is 108 Å². The molecule has 1 fully saturated rings. The number of aliphatic hydroxyl groups is 3. The number of phosphoric acid groups is 3. The minimum absolute atomic E-state index is 0.0225. The molecule has 0 spiro atoms. The number of esters is 2. The molecule has 1 aliphatic carbocycles. The smallest absolute Gasteiger partial charge is 0.462 e. The van der Waals surface area contributed by atoms with Crippen LogP contribution >= 0.6 is 23.5 Å². The number of phosphoric ester groups is 3. The van der Waals surface area contributed by atoms with Gasteiger partial charge in [0.05, 0.1) is 6.61 Å². The van der Waals surface area contributed by atoms with E-state index in [1.807, 2.05) is 0 Å². The standard InChI is InChI=1S/C45H81O19P3/c1-3-5-7-9-11-13-15-17-19-21-23-25-27-29-31-33-38(46)59-35-37(61-39(47)34-32-30-28-26-24-22-20-18-16-14-12-10-8-6-4-2)36-60-67(57,58)64-43-40(48)41(49)44(62-65(51,52)53)45(42(43)50)63-66(54,55)56/h11-14,17-20,37,40-45,48-50H,3-10,15-16,21-36H2,1-2H3,(H,57,58)(H2,51,52,53)(H2,54,55,56)/b13-11-,14-12-,19-17-,20-18-/t37-,40?,41?,42?,43+,44?,45+/m1/s1. The van der Waals surface area contributed by atoms with E-state index in [1.54, 1.807) is 0 Å². The fraction of sp³-hybridized carbons (Fsp3) is 0.778. The van der Waals surface area contributed by atoms with Crippen LogP contribution in [-0.2, 0) is 50.9 Å². The van der Waals surface area contributed by atoms with Gasteiger partial charge < -0.3 is 49.3 Å². The lowest BCUT2D eigenvalue weighted by atomic mass is 9.85. The second-order valence-electron chi connectivity index (χ2n) is 16.7. The van der Waals surface area contributed by atoms with Gasteiger partial charge in [-0.25, -0.2) is 13.7 Å². The molecule has 8 atom stereocenters. The molecule has 1 rings (SSSR count). The zero-order chi connectivity index (χ0) is 50.0. The van der Waals surface area contributed by atoms with E-state index in [0.29, 0.717) is 12.8 Å². The number of unbranched alkanes of at least 4 members (excludes halogenated alkanes) is 16. The average molecular weight is 1020 g/mol. The summed E-state index contributed by atoms with van der Waals surface area (Å²) < 4.78 is 65.4. The first-order valence-corrected chi connectivity index (χ1v) is 28.5. The SMILES string of the molecule is CCCCC/C=C\C/C=C\CCCCCCCC(=O)OC[C@H](COP(=O)(O)O[C@H]1C(O)C(O)C(OP(=O)(O)O)[C@@H](OP(=O)(O)O)C1O)OC(=O)CCCCCCC/C=C\C/C=C\CCCCC. The number of carbonyl (C=O) groups excluding carboxylic acids is 2. The van der Waals surface area contributed by atoms with Crippen molar-refractivity contribution >= 4 is 35.4 Å². The summed E-state index contributed by atoms with van der Waals surface area (Å²) in [6.45, 7) is 2.86. The van der Waals surface area contributed by atoms with Gasteiger partial charge >= 0.3 is 35.4 Å². The van der Waals surface area contributed by atoms with Crippen molar-refractivity contribution in [1.29, 1.82) is 0 Å². The maximum absolute atomic E-state index is 13.1. The van der Waals surface area contributed by atoms with E-state index in [9.17, 15) is 63.1 Å². The second-order valence-corrected chi connectivity index (χ2v) is 20.5. The number of carbonyl (C=O) groups is 2. The van der Waals surface area contributed by atoms with Gasteiger partial charge in [-0.3, -0.25) is 27.7 Å². The van der Waals surface area contributed by atoms with E-state index >= 15 is 0 Å². The largest absolute Gasteiger partial charge is 0.472 e. The molecular formula is C45H81O19P3. The van der Waals surface area contributed by atoms with Gasteiger partial charge in [0.1, 0.15) is 43.2 Å². The molecule has 5 unspecified atom stereocenters. The van der Waals surface area contributed by atoms with Crippen LogP contribution in [0, 0.1) is 0 Å². The normalized spacial score (nSPS) is 22.0. The molecule has 390 valence electrons. The van der Waals surface area contributed by atoms with E-state index in [2.05, 4.69) is 71.5 Å². The molecule has 22 heteroatoms. The molecular weight excluding hydrogens is 937 g/mol. The van der Waals surface area contributed by atoms with Gasteiger partial charge in [-0.05, 0) is 77.0 Å². The topological polar surface area (TPSA) is 303 Å². The molecule has 1 aliphatic rings. The molecule has 0 amide bonds. The lowest BCUT2D eigenvalue weighted by molar-refractivity contribution is -0.213. The fourth-order valence-corrected chi connectivity index (χ4v) is 9.09. The summed E-state index contributed by atoms with van der Waals surface area (Å²) in [6, 6.07) is 0. The highest BCUT2D eigenvalue weighted by atomic mass is 31.2. The predicted octanol–water partition coefficient (Wildman–Crippen LogP) is 8.62. The van der Waals surface area contributed by atoms with Gasteiger partial charge in [-0.2, -0.15) is 0 Å². The van der Waals surface area contributed by atoms with Crippen LogP contribution in [0.2, 0.25) is 0 Å². The van der Waals surface area contributed by atoms with Crippen LogP contribution in [0.4, 0.5) is 0 Å². The van der Waals surface area contributed by atoms with Crippen molar-refractivity contribution in [1.82, 2.24) is 0 Å². The summed E-state index contributed by atoms with van der Waals surface area (Å²) >= 11 is 0. The zero-order valence-electron chi connectivity index (χ0n) is 39.5. The monoisotopic (exact) mass is 1020 g/mol. The highest BCUT2D eigenvalue weighted by Crippen LogP contribution is 2.51. The van der Waals surface area contributed by atoms with Crippen molar-refractivity contribution < 1.29 is 90.6 Å². The molecule has 0 bridgehead atoms. The van der Waals surface area contributed by atoms with E-state index < -0.39 is 91.3 Å². The highest BCUT2D eigenvalue weighted by molar-refractivity contribution is 7.47. The lowest BCUT2D eigenvalue weighted by Gasteiger charge is -2.44. The Morgan fingerprint density at radius 1 is 0.478 bits per heavy atom. The summed E-state index contributed by atoms with van der Waals surface area (Å²) in [5.41, 5.74) is 0. The Labute approximate surface area is 397 Å². The average Bonchev–Trinajstić information content (AvgIpc) is 3.25. The molecule has 19 nitrogen and oxygen atoms in total. The number of hydrogen-bond donors (Lipinski definition) is 8. The minimum Gasteiger partial charge on any atom is -0.462 e. The Morgan fingerprint density at radius 2 is 0.866 bits per heavy atom. The van der Waals surface area contributed by atoms with Gasteiger partial charge in [-0.1, -0.05) is 127 Å². The Bertz CT molecular complexity index is 1590. The first-order valence-electron chi connectivity index (χ1n) is 23.9. The van der Waals surface area contributed by atoms with E-state index in [1.165, 1.54) is 38.5 Å². The summed E-state index contributed by atoms with van der Waals surface area (Å²) in [5, 5.41) is 31.9. The molecule has 0 heterocycles. The third kappa shape index (κ3) is 33.4. The molecule has 0 aliphatic heterocycles. The summed E-state index contributed by atoms with van der Waals surface area (Å²) in [4.78, 5) is 73.2. The van der Waals surface area contributed by atoms with Crippen LogP contribution in [0.1, 0.15) is 168 Å². The summed E-state index contributed by atoms with van der Waals surface area (Å²) in [6.07, 6.45) is 22.7. The van der Waals surface area contributed by atoms with Crippen molar-refractivity contribution in [3.63, 3.8) is 0 Å². The minimum atomic E-state index is -5.60. The molecule has 1 saturated carbocycles. The van der Waals surface area contributed by atoms with Gasteiger partial charge in [0, 0.05) is 12.8 Å². The fourth-order valence-electron chi connectivity index (χ4n) is 6.99. The molecule has 0 aromatic heterocycles. The Kier molecular flexibility index (Phi) is 34.8. The van der Waals surface area contributed by atoms with Crippen LogP contribution in [0.5, 0.6) is 0 Å². The quantitative estimate of drug-likeness (QED) is 0.0123. The summed E-state index contributed by atoms with van der Waals surface area (Å²) in [7, 11) is -16.6. The van der Waals surface area contributed by atoms with Crippen LogP contribution in [0.15, 0.2) is 48.6 Å². The van der Waals surface area contributed by atoms with E-state index in [0.717, 1.165) is 89.9 Å². The third-order valence-corrected chi connectivity index (χ3v) is 12.6. The highest BCUT2D eigenvalue weighted by Gasteiger charge is 2.56. The number of ether oxygens (including phenoxy) is 2. The number of aliphatic hydroxyl groups excluding tert-OH is 3. The van der Waals surface area contributed by atoms with Crippen molar-refractivity contribution in [2.45, 2.75) is 211 Å². The number of allylic oxidation sites excluding steroid dienone is 8. The van der Waals surface area contributed by atoms with E-state index in [-0.39, 0.29) is 12.8 Å². The maximum Gasteiger partial charge on any atom is 0.472 e. The van der Waals surface area contributed by atoms with Gasteiger partial charge in [0.25, 0.3) is 0 Å². The third-order valence-electron chi connectivity index (χ3n) is 10.6. The molecule has 0 aromatic carbocycles. The molecule has 0 radical (unpaired) electrons. The van der Waals surface area contributed by atoms with Crippen LogP contribution < -0.4 is 0 Å². The zero-order valence-corrected chi connectivity index (χ0v) is 42.1. The van der Waals surface area contributed by atoms with Crippen LogP contribution in [0.3, 0.4) is 0 Å². The molecule has 8 N–H and O–H groups in total. The Hall–Kier alpha value is -1.89.